The summed E-state index contributed by atoms with van der Waals surface area (Å²) >= 11 is 0. The molecule has 3 rings (SSSR count). The molecule has 0 amide bonds. The van der Waals surface area contributed by atoms with Gasteiger partial charge < -0.3 is 14.7 Å². The minimum Gasteiger partial charge on any atom is -0.490 e. The van der Waals surface area contributed by atoms with Crippen LogP contribution in [0.4, 0.5) is 5.69 Å². The van der Waals surface area contributed by atoms with Gasteiger partial charge in [-0.3, -0.25) is 10.1 Å². The monoisotopic (exact) mass is 342 g/mol. The van der Waals surface area contributed by atoms with Crippen molar-refractivity contribution in [3.05, 3.63) is 58.6 Å². The highest BCUT2D eigenvalue weighted by Crippen LogP contribution is 2.33. The van der Waals surface area contributed by atoms with Crippen LogP contribution in [0.1, 0.15) is 12.8 Å². The summed E-state index contributed by atoms with van der Waals surface area (Å²) in [6, 6.07) is 13.9. The second-order valence-corrected chi connectivity index (χ2v) is 6.28. The normalized spacial score (nSPS) is 15.9. The molecule has 1 N–H and O–H groups in total. The fraction of sp³-hybridized carbons (Fsp3) is 0.368. The summed E-state index contributed by atoms with van der Waals surface area (Å²) in [6.07, 6.45) is 1.76. The van der Waals surface area contributed by atoms with Crippen molar-refractivity contribution in [2.45, 2.75) is 18.9 Å². The van der Waals surface area contributed by atoms with E-state index in [0.29, 0.717) is 17.9 Å². The maximum atomic E-state index is 11.1. The minimum absolute atomic E-state index is 0.0174. The molecule has 1 heterocycles. The summed E-state index contributed by atoms with van der Waals surface area (Å²) < 4.78 is 5.80. The van der Waals surface area contributed by atoms with Crippen molar-refractivity contribution in [2.75, 3.05) is 26.2 Å². The standard InChI is InChI=1S/C19H22N2O4/c22-17(13-20-10-4-5-11-20)14-25-19-9-8-16(21(23)24)12-18(19)15-6-2-1-3-7-15/h1-3,6-9,12,17,22H,4-5,10-11,13-14H2. The van der Waals surface area contributed by atoms with Crippen molar-refractivity contribution < 1.29 is 14.8 Å². The van der Waals surface area contributed by atoms with Crippen LogP contribution < -0.4 is 4.74 Å². The van der Waals surface area contributed by atoms with Gasteiger partial charge in [0, 0.05) is 24.2 Å². The minimum atomic E-state index is -0.586. The lowest BCUT2D eigenvalue weighted by atomic mass is 10.0. The number of aliphatic hydroxyl groups is 1. The fourth-order valence-electron chi connectivity index (χ4n) is 3.10. The molecule has 1 fully saturated rings. The molecule has 0 aliphatic carbocycles. The van der Waals surface area contributed by atoms with Crippen LogP contribution in [0.2, 0.25) is 0 Å². The van der Waals surface area contributed by atoms with Gasteiger partial charge in [-0.15, -0.1) is 0 Å². The number of nitrogens with zero attached hydrogens (tertiary/aromatic N) is 2. The molecule has 132 valence electrons. The van der Waals surface area contributed by atoms with Crippen LogP contribution in [0.5, 0.6) is 5.75 Å². The Hall–Kier alpha value is -2.44. The molecule has 6 heteroatoms. The van der Waals surface area contributed by atoms with Crippen molar-refractivity contribution in [2.24, 2.45) is 0 Å². The highest BCUT2D eigenvalue weighted by atomic mass is 16.6. The third-order valence-corrected chi connectivity index (χ3v) is 4.36. The highest BCUT2D eigenvalue weighted by Gasteiger charge is 2.18. The predicted molar refractivity (Wildman–Crippen MR) is 95.7 cm³/mol. The summed E-state index contributed by atoms with van der Waals surface area (Å²) in [5.74, 6) is 0.539. The molecule has 1 aliphatic rings. The van der Waals surface area contributed by atoms with Crippen LogP contribution in [-0.2, 0) is 0 Å². The molecule has 1 atom stereocenters. The van der Waals surface area contributed by atoms with Crippen LogP contribution in [-0.4, -0.2) is 47.3 Å². The Labute approximate surface area is 146 Å². The maximum Gasteiger partial charge on any atom is 0.270 e. The number of β-amino-alcohol motifs (C(OH)–C–C–N with tert-alkyl or cyclic N) is 1. The number of non-ortho nitro benzene ring substituents is 1. The van der Waals surface area contributed by atoms with Gasteiger partial charge in [-0.05, 0) is 37.6 Å². The zero-order valence-electron chi connectivity index (χ0n) is 14.0. The van der Waals surface area contributed by atoms with Crippen LogP contribution >= 0.6 is 0 Å². The first-order chi connectivity index (χ1) is 12.1. The van der Waals surface area contributed by atoms with Crippen LogP contribution in [0.3, 0.4) is 0 Å². The number of hydrogen-bond acceptors (Lipinski definition) is 5. The molecule has 6 nitrogen and oxygen atoms in total. The number of nitro groups is 1. The first kappa shape index (κ1) is 17.4. The number of hydrogen-bond donors (Lipinski definition) is 1. The molecule has 1 saturated heterocycles. The molecule has 1 aliphatic heterocycles. The molecule has 2 aromatic carbocycles. The van der Waals surface area contributed by atoms with Crippen molar-refractivity contribution in [1.82, 2.24) is 4.90 Å². The van der Waals surface area contributed by atoms with Gasteiger partial charge in [-0.25, -0.2) is 0 Å². The molecule has 0 bridgehead atoms. The van der Waals surface area contributed by atoms with E-state index in [0.717, 1.165) is 18.7 Å². The highest BCUT2D eigenvalue weighted by molar-refractivity contribution is 5.72. The molecule has 0 spiro atoms. The number of rotatable bonds is 7. The van der Waals surface area contributed by atoms with Crippen LogP contribution in [0.15, 0.2) is 48.5 Å². The van der Waals surface area contributed by atoms with Gasteiger partial charge in [0.15, 0.2) is 0 Å². The van der Waals surface area contributed by atoms with E-state index >= 15 is 0 Å². The average Bonchev–Trinajstić information content (AvgIpc) is 3.13. The van der Waals surface area contributed by atoms with Gasteiger partial charge in [0.05, 0.1) is 4.92 Å². The van der Waals surface area contributed by atoms with Crippen molar-refractivity contribution in [3.63, 3.8) is 0 Å². The molecular weight excluding hydrogens is 320 g/mol. The lowest BCUT2D eigenvalue weighted by Gasteiger charge is -2.20. The van der Waals surface area contributed by atoms with E-state index in [9.17, 15) is 15.2 Å². The van der Waals surface area contributed by atoms with E-state index in [1.54, 1.807) is 6.07 Å². The molecule has 25 heavy (non-hydrogen) atoms. The summed E-state index contributed by atoms with van der Waals surface area (Å²) in [7, 11) is 0. The molecular formula is C19H22N2O4. The van der Waals surface area contributed by atoms with E-state index in [-0.39, 0.29) is 12.3 Å². The summed E-state index contributed by atoms with van der Waals surface area (Å²) in [6.45, 7) is 2.79. The SMILES string of the molecule is O=[N+]([O-])c1ccc(OCC(O)CN2CCCC2)c(-c2ccccc2)c1. The average molecular weight is 342 g/mol. The Morgan fingerprint density at radius 2 is 1.88 bits per heavy atom. The number of nitro benzene ring substituents is 1. The Bertz CT molecular complexity index is 715. The Morgan fingerprint density at radius 3 is 2.56 bits per heavy atom. The smallest absolute Gasteiger partial charge is 0.270 e. The third-order valence-electron chi connectivity index (χ3n) is 4.36. The van der Waals surface area contributed by atoms with Gasteiger partial charge in [-0.2, -0.15) is 0 Å². The number of ether oxygens (including phenoxy) is 1. The van der Waals surface area contributed by atoms with Gasteiger partial charge in [0.2, 0.25) is 0 Å². The van der Waals surface area contributed by atoms with E-state index in [2.05, 4.69) is 4.90 Å². The summed E-state index contributed by atoms with van der Waals surface area (Å²) in [5, 5.41) is 21.3. The second kappa shape index (κ2) is 8.09. The largest absolute Gasteiger partial charge is 0.490 e. The Kier molecular flexibility index (Phi) is 5.63. The maximum absolute atomic E-state index is 11.1. The predicted octanol–water partition coefficient (Wildman–Crippen LogP) is 3.10. The van der Waals surface area contributed by atoms with E-state index in [1.165, 1.54) is 25.0 Å². The Morgan fingerprint density at radius 1 is 1.16 bits per heavy atom. The van der Waals surface area contributed by atoms with E-state index < -0.39 is 11.0 Å². The van der Waals surface area contributed by atoms with Gasteiger partial charge in [0.25, 0.3) is 5.69 Å². The zero-order chi connectivity index (χ0) is 17.6. The first-order valence-corrected chi connectivity index (χ1v) is 8.50. The Balaban J connectivity index is 1.74. The number of likely N-dealkylation sites (tertiary alicyclic amines) is 1. The van der Waals surface area contributed by atoms with Crippen molar-refractivity contribution >= 4 is 5.69 Å². The summed E-state index contributed by atoms with van der Waals surface area (Å²) in [5.41, 5.74) is 1.52. The number of benzene rings is 2. The summed E-state index contributed by atoms with van der Waals surface area (Å²) in [4.78, 5) is 12.9. The number of aliphatic hydroxyl groups excluding tert-OH is 1. The molecule has 1 unspecified atom stereocenters. The van der Waals surface area contributed by atoms with Gasteiger partial charge >= 0.3 is 0 Å². The first-order valence-electron chi connectivity index (χ1n) is 8.50. The van der Waals surface area contributed by atoms with Gasteiger partial charge in [-0.1, -0.05) is 30.3 Å². The molecule has 2 aromatic rings. The molecule has 0 saturated carbocycles. The van der Waals surface area contributed by atoms with Crippen molar-refractivity contribution in [3.8, 4) is 16.9 Å². The van der Waals surface area contributed by atoms with Crippen LogP contribution in [0, 0.1) is 10.1 Å². The molecule has 0 radical (unpaired) electrons. The van der Waals surface area contributed by atoms with Crippen LogP contribution in [0.25, 0.3) is 11.1 Å². The zero-order valence-corrected chi connectivity index (χ0v) is 14.0. The molecule has 0 aromatic heterocycles. The second-order valence-electron chi connectivity index (χ2n) is 6.28. The van der Waals surface area contributed by atoms with E-state index in [1.807, 2.05) is 30.3 Å². The fourth-order valence-corrected chi connectivity index (χ4v) is 3.10. The van der Waals surface area contributed by atoms with Crippen molar-refractivity contribution in [1.29, 1.82) is 0 Å². The topological polar surface area (TPSA) is 75.8 Å². The third kappa shape index (κ3) is 4.55. The lowest BCUT2D eigenvalue weighted by molar-refractivity contribution is -0.384. The van der Waals surface area contributed by atoms with Gasteiger partial charge in [0.1, 0.15) is 18.5 Å². The quantitative estimate of drug-likeness (QED) is 0.618. The lowest BCUT2D eigenvalue weighted by Crippen LogP contribution is -2.33. The van der Waals surface area contributed by atoms with E-state index in [4.69, 9.17) is 4.74 Å².